The Morgan fingerprint density at radius 1 is 1.26 bits per heavy atom. The number of aryl methyl sites for hydroxylation is 1. The zero-order valence-electron chi connectivity index (χ0n) is 12.1. The molecule has 0 atom stereocenters. The molecule has 0 spiro atoms. The number of nitrogens with zero attached hydrogens (tertiary/aromatic N) is 1. The van der Waals surface area contributed by atoms with E-state index in [2.05, 4.69) is 11.9 Å². The summed E-state index contributed by atoms with van der Waals surface area (Å²) < 4.78 is 4.94. The number of hydrogen-bond donors (Lipinski definition) is 0. The molecule has 0 radical (unpaired) electrons. The lowest BCUT2D eigenvalue weighted by Gasteiger charge is -2.19. The van der Waals surface area contributed by atoms with Gasteiger partial charge in [-0.3, -0.25) is 9.78 Å². The first kappa shape index (κ1) is 15.7. The fraction of sp³-hybridized carbons (Fsp3) is 0.625. The minimum atomic E-state index is 0.0206. The Hall–Kier alpha value is -1.38. The van der Waals surface area contributed by atoms with Gasteiger partial charge in [0.1, 0.15) is 0 Å². The van der Waals surface area contributed by atoms with Crippen LogP contribution in [0.5, 0.6) is 0 Å². The zero-order chi connectivity index (χ0) is 13.9. The second-order valence-corrected chi connectivity index (χ2v) is 4.76. The number of ether oxygens (including phenoxy) is 1. The van der Waals surface area contributed by atoms with Crippen molar-refractivity contribution in [2.24, 2.45) is 5.92 Å². The molecule has 1 saturated carbocycles. The Kier molecular flexibility index (Phi) is 7.87. The van der Waals surface area contributed by atoms with Gasteiger partial charge in [-0.15, -0.1) is 0 Å². The number of aromatic nitrogens is 1. The van der Waals surface area contributed by atoms with Gasteiger partial charge in [0.15, 0.2) is 0 Å². The molecule has 0 bridgehead atoms. The molecular formula is C16H25NO2. The van der Waals surface area contributed by atoms with Gasteiger partial charge in [-0.1, -0.05) is 32.3 Å². The number of esters is 1. The van der Waals surface area contributed by atoms with Crippen LogP contribution in [0.1, 0.15) is 51.6 Å². The van der Waals surface area contributed by atoms with E-state index in [1.807, 2.05) is 31.3 Å². The average Bonchev–Trinajstić information content (AvgIpc) is 2.50. The van der Waals surface area contributed by atoms with Gasteiger partial charge < -0.3 is 4.74 Å². The van der Waals surface area contributed by atoms with Crippen molar-refractivity contribution in [3.8, 4) is 0 Å². The van der Waals surface area contributed by atoms with Crippen LogP contribution >= 0.6 is 0 Å². The minimum Gasteiger partial charge on any atom is -0.466 e. The molecule has 3 heteroatoms. The van der Waals surface area contributed by atoms with E-state index in [0.29, 0.717) is 6.61 Å². The van der Waals surface area contributed by atoms with Gasteiger partial charge >= 0.3 is 5.97 Å². The third-order valence-electron chi connectivity index (χ3n) is 3.31. The summed E-state index contributed by atoms with van der Waals surface area (Å²) in [6, 6.07) is 5.96. The molecule has 2 rings (SSSR count). The van der Waals surface area contributed by atoms with Crippen molar-refractivity contribution < 1.29 is 9.53 Å². The van der Waals surface area contributed by atoms with Crippen molar-refractivity contribution in [3.05, 3.63) is 30.1 Å². The molecule has 1 aromatic rings. The molecule has 19 heavy (non-hydrogen) atoms. The lowest BCUT2D eigenvalue weighted by molar-refractivity contribution is -0.149. The molecule has 0 aromatic carbocycles. The van der Waals surface area contributed by atoms with Crippen molar-refractivity contribution in [2.45, 2.75) is 52.4 Å². The molecular weight excluding hydrogens is 238 g/mol. The number of rotatable bonds is 3. The summed E-state index contributed by atoms with van der Waals surface area (Å²) in [4.78, 5) is 15.3. The summed E-state index contributed by atoms with van der Waals surface area (Å²) in [5, 5.41) is 0. The van der Waals surface area contributed by atoms with Crippen molar-refractivity contribution >= 4 is 5.97 Å². The summed E-state index contributed by atoms with van der Waals surface area (Å²) in [6.45, 7) is 4.48. The van der Waals surface area contributed by atoms with E-state index in [9.17, 15) is 4.79 Å². The van der Waals surface area contributed by atoms with Crippen molar-refractivity contribution in [3.63, 3.8) is 0 Å². The predicted molar refractivity (Wildman–Crippen MR) is 76.8 cm³/mol. The van der Waals surface area contributed by atoms with Crippen LogP contribution in [0.25, 0.3) is 0 Å². The first-order valence-corrected chi connectivity index (χ1v) is 7.34. The third-order valence-corrected chi connectivity index (χ3v) is 3.31. The van der Waals surface area contributed by atoms with Gasteiger partial charge in [-0.25, -0.2) is 0 Å². The summed E-state index contributed by atoms with van der Waals surface area (Å²) >= 11 is 0. The first-order valence-electron chi connectivity index (χ1n) is 7.34. The van der Waals surface area contributed by atoms with E-state index in [-0.39, 0.29) is 11.9 Å². The maximum Gasteiger partial charge on any atom is 0.308 e. The Labute approximate surface area is 116 Å². The monoisotopic (exact) mass is 263 g/mol. The van der Waals surface area contributed by atoms with E-state index in [1.54, 1.807) is 0 Å². The Morgan fingerprint density at radius 3 is 2.47 bits per heavy atom. The Bertz CT molecular complexity index is 345. The lowest BCUT2D eigenvalue weighted by Crippen LogP contribution is -2.20. The van der Waals surface area contributed by atoms with Crippen LogP contribution in [0, 0.1) is 5.92 Å². The molecule has 0 aliphatic heterocycles. The Morgan fingerprint density at radius 2 is 2.00 bits per heavy atom. The summed E-state index contributed by atoms with van der Waals surface area (Å²) in [5.41, 5.74) is 1.16. The smallest absolute Gasteiger partial charge is 0.308 e. The van der Waals surface area contributed by atoms with E-state index < -0.39 is 0 Å². The largest absolute Gasteiger partial charge is 0.466 e. The Balaban J connectivity index is 0.000000200. The summed E-state index contributed by atoms with van der Waals surface area (Å²) in [5.74, 6) is 0.232. The number of carbonyl (C=O) groups is 1. The second kappa shape index (κ2) is 9.54. The van der Waals surface area contributed by atoms with Gasteiger partial charge in [0.2, 0.25) is 0 Å². The molecule has 1 heterocycles. The molecule has 0 amide bonds. The van der Waals surface area contributed by atoms with Gasteiger partial charge in [0.05, 0.1) is 12.5 Å². The molecule has 1 aliphatic rings. The molecule has 0 N–H and O–H groups in total. The average molecular weight is 263 g/mol. The predicted octanol–water partition coefficient (Wildman–Crippen LogP) is 3.77. The SMILES string of the molecule is CCOC(=O)C1CCCCC1.CCc1ccccn1. The fourth-order valence-corrected chi connectivity index (χ4v) is 2.21. The number of hydrogen-bond acceptors (Lipinski definition) is 3. The van der Waals surface area contributed by atoms with Crippen molar-refractivity contribution in [1.29, 1.82) is 0 Å². The molecule has 0 unspecified atom stereocenters. The highest BCUT2D eigenvalue weighted by atomic mass is 16.5. The number of carbonyl (C=O) groups excluding carboxylic acids is 1. The molecule has 1 fully saturated rings. The molecule has 0 saturated heterocycles. The van der Waals surface area contributed by atoms with Crippen LogP contribution in [0.2, 0.25) is 0 Å². The van der Waals surface area contributed by atoms with Crippen LogP contribution in [0.3, 0.4) is 0 Å². The topological polar surface area (TPSA) is 39.2 Å². The van der Waals surface area contributed by atoms with E-state index in [0.717, 1.165) is 25.0 Å². The van der Waals surface area contributed by atoms with E-state index >= 15 is 0 Å². The lowest BCUT2D eigenvalue weighted by atomic mass is 9.89. The zero-order valence-corrected chi connectivity index (χ0v) is 12.1. The van der Waals surface area contributed by atoms with Crippen LogP contribution in [-0.2, 0) is 16.0 Å². The van der Waals surface area contributed by atoms with Gasteiger partial charge in [-0.2, -0.15) is 0 Å². The van der Waals surface area contributed by atoms with Crippen LogP contribution in [-0.4, -0.2) is 17.6 Å². The maximum absolute atomic E-state index is 11.2. The molecule has 1 aliphatic carbocycles. The van der Waals surface area contributed by atoms with Crippen molar-refractivity contribution in [1.82, 2.24) is 4.98 Å². The first-order chi connectivity index (χ1) is 9.27. The highest BCUT2D eigenvalue weighted by Crippen LogP contribution is 2.24. The van der Waals surface area contributed by atoms with Gasteiger partial charge in [-0.05, 0) is 38.3 Å². The van der Waals surface area contributed by atoms with Crippen LogP contribution in [0.15, 0.2) is 24.4 Å². The quantitative estimate of drug-likeness (QED) is 0.779. The standard InChI is InChI=1S/C9H16O2.C7H9N/c1-2-11-9(10)8-6-4-3-5-7-8;1-2-7-5-3-4-6-8-7/h8H,2-7H2,1H3;3-6H,2H2,1H3. The van der Waals surface area contributed by atoms with E-state index in [4.69, 9.17) is 4.74 Å². The minimum absolute atomic E-state index is 0.0206. The summed E-state index contributed by atoms with van der Waals surface area (Å²) in [6.07, 6.45) is 8.61. The van der Waals surface area contributed by atoms with E-state index in [1.165, 1.54) is 19.3 Å². The third kappa shape index (κ3) is 6.37. The van der Waals surface area contributed by atoms with Crippen LogP contribution in [0.4, 0.5) is 0 Å². The highest BCUT2D eigenvalue weighted by molar-refractivity contribution is 5.72. The summed E-state index contributed by atoms with van der Waals surface area (Å²) in [7, 11) is 0. The maximum atomic E-state index is 11.2. The number of pyridine rings is 1. The van der Waals surface area contributed by atoms with Gasteiger partial charge in [0, 0.05) is 11.9 Å². The highest BCUT2D eigenvalue weighted by Gasteiger charge is 2.21. The molecule has 106 valence electrons. The molecule has 1 aromatic heterocycles. The van der Waals surface area contributed by atoms with Crippen molar-refractivity contribution in [2.75, 3.05) is 6.61 Å². The van der Waals surface area contributed by atoms with Crippen LogP contribution < -0.4 is 0 Å². The van der Waals surface area contributed by atoms with Gasteiger partial charge in [0.25, 0.3) is 0 Å². The second-order valence-electron chi connectivity index (χ2n) is 4.76. The normalized spacial score (nSPS) is 15.3. The fourth-order valence-electron chi connectivity index (χ4n) is 2.21. The molecule has 3 nitrogen and oxygen atoms in total.